The van der Waals surface area contributed by atoms with E-state index in [9.17, 15) is 5.11 Å². The molecule has 0 amide bonds. The van der Waals surface area contributed by atoms with Crippen molar-refractivity contribution in [2.75, 3.05) is 13.7 Å². The number of aromatic hydroxyl groups is 1. The maximum atomic E-state index is 9.48. The summed E-state index contributed by atoms with van der Waals surface area (Å²) in [5.41, 5.74) is 6.66. The highest BCUT2D eigenvalue weighted by Gasteiger charge is 2.13. The van der Waals surface area contributed by atoms with Crippen LogP contribution in [-0.2, 0) is 0 Å². The molecule has 0 aliphatic carbocycles. The standard InChI is InChI=1S/C10H14BrNO3/c1-15-10-4-6(8(12)2-3-13)7(11)5-9(10)14/h4-5,8,13-14H,2-3,12H2,1H3. The number of ether oxygens (including phenoxy) is 1. The Bertz CT molecular complexity index is 344. The van der Waals surface area contributed by atoms with E-state index in [1.165, 1.54) is 13.2 Å². The molecule has 0 aromatic heterocycles. The number of rotatable bonds is 4. The fraction of sp³-hybridized carbons (Fsp3) is 0.400. The molecule has 0 radical (unpaired) electrons. The maximum absolute atomic E-state index is 9.48. The molecule has 15 heavy (non-hydrogen) atoms. The molecule has 1 aromatic carbocycles. The van der Waals surface area contributed by atoms with Crippen molar-refractivity contribution in [1.29, 1.82) is 0 Å². The molecule has 4 nitrogen and oxygen atoms in total. The Morgan fingerprint density at radius 3 is 2.73 bits per heavy atom. The monoisotopic (exact) mass is 275 g/mol. The first-order valence-electron chi connectivity index (χ1n) is 4.53. The number of methoxy groups -OCH3 is 1. The van der Waals surface area contributed by atoms with Gasteiger partial charge in [0.2, 0.25) is 0 Å². The number of phenols is 1. The van der Waals surface area contributed by atoms with E-state index in [-0.39, 0.29) is 18.4 Å². The second kappa shape index (κ2) is 5.34. The molecule has 0 aliphatic rings. The van der Waals surface area contributed by atoms with Crippen LogP contribution in [0.1, 0.15) is 18.0 Å². The van der Waals surface area contributed by atoms with Gasteiger partial charge in [-0.3, -0.25) is 0 Å². The molecule has 1 unspecified atom stereocenters. The lowest BCUT2D eigenvalue weighted by Gasteiger charge is -2.14. The summed E-state index contributed by atoms with van der Waals surface area (Å²) < 4.78 is 5.69. The minimum atomic E-state index is -0.279. The predicted molar refractivity (Wildman–Crippen MR) is 61.0 cm³/mol. The van der Waals surface area contributed by atoms with Crippen LogP contribution in [-0.4, -0.2) is 23.9 Å². The van der Waals surface area contributed by atoms with Gasteiger partial charge in [0.05, 0.1) is 7.11 Å². The lowest BCUT2D eigenvalue weighted by atomic mass is 10.0. The molecule has 1 rings (SSSR count). The SMILES string of the molecule is COc1cc(C(N)CCO)c(Br)cc1O. The third kappa shape index (κ3) is 2.84. The van der Waals surface area contributed by atoms with Crippen LogP contribution in [0.2, 0.25) is 0 Å². The minimum absolute atomic E-state index is 0.0246. The van der Waals surface area contributed by atoms with Gasteiger partial charge in [-0.15, -0.1) is 0 Å². The third-order valence-corrected chi connectivity index (χ3v) is 2.82. The van der Waals surface area contributed by atoms with Crippen LogP contribution in [0.3, 0.4) is 0 Å². The highest BCUT2D eigenvalue weighted by molar-refractivity contribution is 9.10. The van der Waals surface area contributed by atoms with Crippen molar-refractivity contribution in [2.45, 2.75) is 12.5 Å². The molecule has 0 saturated heterocycles. The summed E-state index contributed by atoms with van der Waals surface area (Å²) in [5, 5.41) is 18.3. The molecular formula is C10H14BrNO3. The number of aliphatic hydroxyl groups is 1. The van der Waals surface area contributed by atoms with Gasteiger partial charge in [0.15, 0.2) is 11.5 Å². The Morgan fingerprint density at radius 2 is 2.20 bits per heavy atom. The van der Waals surface area contributed by atoms with E-state index >= 15 is 0 Å². The van der Waals surface area contributed by atoms with Crippen LogP contribution in [0.25, 0.3) is 0 Å². The first-order valence-corrected chi connectivity index (χ1v) is 5.32. The Morgan fingerprint density at radius 1 is 1.53 bits per heavy atom. The third-order valence-electron chi connectivity index (χ3n) is 2.14. The van der Waals surface area contributed by atoms with Gasteiger partial charge in [-0.2, -0.15) is 0 Å². The van der Waals surface area contributed by atoms with Crippen molar-refractivity contribution >= 4 is 15.9 Å². The molecule has 4 N–H and O–H groups in total. The average Bonchev–Trinajstić information content (AvgIpc) is 2.18. The van der Waals surface area contributed by atoms with Crippen molar-refractivity contribution in [3.05, 3.63) is 22.2 Å². The first kappa shape index (κ1) is 12.3. The van der Waals surface area contributed by atoms with Crippen LogP contribution < -0.4 is 10.5 Å². The van der Waals surface area contributed by atoms with Gasteiger partial charge in [0.25, 0.3) is 0 Å². The van der Waals surface area contributed by atoms with Gasteiger partial charge >= 0.3 is 0 Å². The zero-order valence-electron chi connectivity index (χ0n) is 8.40. The molecule has 84 valence electrons. The van der Waals surface area contributed by atoms with Gasteiger partial charge in [-0.05, 0) is 24.1 Å². The largest absolute Gasteiger partial charge is 0.504 e. The second-order valence-corrected chi connectivity index (χ2v) is 4.02. The molecule has 5 heteroatoms. The zero-order valence-corrected chi connectivity index (χ0v) is 9.99. The first-order chi connectivity index (χ1) is 7.10. The fourth-order valence-electron chi connectivity index (χ4n) is 1.30. The van der Waals surface area contributed by atoms with Crippen molar-refractivity contribution in [3.8, 4) is 11.5 Å². The van der Waals surface area contributed by atoms with Gasteiger partial charge in [-0.1, -0.05) is 15.9 Å². The number of halogens is 1. The smallest absolute Gasteiger partial charge is 0.160 e. The molecule has 1 aromatic rings. The van der Waals surface area contributed by atoms with Gasteiger partial charge in [0.1, 0.15) is 0 Å². The normalized spacial score (nSPS) is 12.5. The highest BCUT2D eigenvalue weighted by atomic mass is 79.9. The topological polar surface area (TPSA) is 75.7 Å². The van der Waals surface area contributed by atoms with Crippen LogP contribution in [0, 0.1) is 0 Å². The van der Waals surface area contributed by atoms with Crippen molar-refractivity contribution in [2.24, 2.45) is 5.73 Å². The fourth-order valence-corrected chi connectivity index (χ4v) is 1.93. The van der Waals surface area contributed by atoms with E-state index in [1.807, 2.05) is 0 Å². The van der Waals surface area contributed by atoms with E-state index in [0.717, 1.165) is 5.56 Å². The van der Waals surface area contributed by atoms with Crippen LogP contribution in [0.4, 0.5) is 0 Å². The quantitative estimate of drug-likeness (QED) is 0.779. The van der Waals surface area contributed by atoms with E-state index in [2.05, 4.69) is 15.9 Å². The second-order valence-electron chi connectivity index (χ2n) is 3.16. The molecule has 0 bridgehead atoms. The Hall–Kier alpha value is -0.780. The number of nitrogens with two attached hydrogens (primary N) is 1. The number of phenolic OH excluding ortho intramolecular Hbond substituents is 1. The molecule has 0 spiro atoms. The van der Waals surface area contributed by atoms with E-state index in [4.69, 9.17) is 15.6 Å². The maximum Gasteiger partial charge on any atom is 0.160 e. The van der Waals surface area contributed by atoms with Crippen molar-refractivity contribution in [3.63, 3.8) is 0 Å². The molecule has 0 saturated carbocycles. The Labute approximate surface area is 96.8 Å². The van der Waals surface area contributed by atoms with E-state index in [0.29, 0.717) is 16.6 Å². The van der Waals surface area contributed by atoms with Crippen molar-refractivity contribution in [1.82, 2.24) is 0 Å². The summed E-state index contributed by atoms with van der Waals surface area (Å²) >= 11 is 3.30. The number of aliphatic hydroxyl groups excluding tert-OH is 1. The summed E-state index contributed by atoms with van der Waals surface area (Å²) in [4.78, 5) is 0. The summed E-state index contributed by atoms with van der Waals surface area (Å²) in [6.45, 7) is 0.0246. The van der Waals surface area contributed by atoms with E-state index in [1.54, 1.807) is 6.07 Å². The molecule has 0 aliphatic heterocycles. The molecule has 0 fully saturated rings. The van der Waals surface area contributed by atoms with Crippen LogP contribution in [0.15, 0.2) is 16.6 Å². The molecule has 1 atom stereocenters. The van der Waals surface area contributed by atoms with Crippen molar-refractivity contribution < 1.29 is 14.9 Å². The Balaban J connectivity index is 3.06. The van der Waals surface area contributed by atoms with E-state index < -0.39 is 0 Å². The highest BCUT2D eigenvalue weighted by Crippen LogP contribution is 2.35. The average molecular weight is 276 g/mol. The summed E-state index contributed by atoms with van der Waals surface area (Å²) in [5.74, 6) is 0.436. The summed E-state index contributed by atoms with van der Waals surface area (Å²) in [7, 11) is 1.48. The lowest BCUT2D eigenvalue weighted by Crippen LogP contribution is -2.12. The predicted octanol–water partition coefficient (Wildman–Crippen LogP) is 1.55. The lowest BCUT2D eigenvalue weighted by molar-refractivity contribution is 0.276. The number of benzene rings is 1. The Kier molecular flexibility index (Phi) is 4.38. The van der Waals surface area contributed by atoms with Crippen LogP contribution in [0.5, 0.6) is 11.5 Å². The zero-order chi connectivity index (χ0) is 11.4. The molecule has 0 heterocycles. The molecular weight excluding hydrogens is 262 g/mol. The number of hydrogen-bond donors (Lipinski definition) is 3. The number of hydrogen-bond acceptors (Lipinski definition) is 4. The minimum Gasteiger partial charge on any atom is -0.504 e. The summed E-state index contributed by atoms with van der Waals surface area (Å²) in [6, 6.07) is 2.92. The van der Waals surface area contributed by atoms with Gasteiger partial charge in [0, 0.05) is 17.1 Å². The van der Waals surface area contributed by atoms with Gasteiger partial charge in [-0.25, -0.2) is 0 Å². The van der Waals surface area contributed by atoms with Crippen LogP contribution >= 0.6 is 15.9 Å². The summed E-state index contributed by atoms with van der Waals surface area (Å²) in [6.07, 6.45) is 0.465. The van der Waals surface area contributed by atoms with Gasteiger partial charge < -0.3 is 20.7 Å².